The van der Waals surface area contributed by atoms with Crippen LogP contribution in [0.5, 0.6) is 0 Å². The van der Waals surface area contributed by atoms with Crippen molar-refractivity contribution in [2.75, 3.05) is 0 Å². The Morgan fingerprint density at radius 1 is 1.47 bits per heavy atom. The molecule has 0 aliphatic carbocycles. The zero-order chi connectivity index (χ0) is 11.1. The lowest BCUT2D eigenvalue weighted by molar-refractivity contribution is 0.352. The largest absolute Gasteiger partial charge is 0.271 e. The summed E-state index contributed by atoms with van der Waals surface area (Å²) in [5.41, 5.74) is 4.04. The van der Waals surface area contributed by atoms with E-state index in [1.165, 1.54) is 0 Å². The van der Waals surface area contributed by atoms with Gasteiger partial charge in [-0.3, -0.25) is 16.3 Å². The van der Waals surface area contributed by atoms with Gasteiger partial charge in [0, 0.05) is 17.9 Å². The molecule has 1 aromatic rings. The Kier molecular flexibility index (Phi) is 5.29. The molecule has 3 nitrogen and oxygen atoms in total. The molecule has 84 valence electrons. The molecule has 0 amide bonds. The summed E-state index contributed by atoms with van der Waals surface area (Å²) in [6, 6.07) is 6.41. The maximum atomic E-state index is 5.54. The van der Waals surface area contributed by atoms with Crippen LogP contribution in [0.15, 0.2) is 24.4 Å². The maximum Gasteiger partial charge on any atom is 0.0404 e. The van der Waals surface area contributed by atoms with Crippen LogP contribution in [0, 0.1) is 5.92 Å². The van der Waals surface area contributed by atoms with Crippen molar-refractivity contribution in [2.24, 2.45) is 11.8 Å². The van der Waals surface area contributed by atoms with E-state index in [-0.39, 0.29) is 0 Å². The number of hydrazine groups is 1. The third kappa shape index (κ3) is 3.98. The number of nitrogens with two attached hydrogens (primary N) is 1. The van der Waals surface area contributed by atoms with Crippen molar-refractivity contribution in [3.63, 3.8) is 0 Å². The standard InChI is InChI=1S/C12H21N3/c1-3-10(2)12(15-13)8-7-11-6-4-5-9-14-11/h4-6,9-10,12,15H,3,7-8,13H2,1-2H3. The Balaban J connectivity index is 2.41. The molecule has 0 bridgehead atoms. The van der Waals surface area contributed by atoms with Crippen molar-refractivity contribution in [1.29, 1.82) is 0 Å². The number of rotatable bonds is 6. The second-order valence-corrected chi connectivity index (χ2v) is 4.02. The number of aromatic nitrogens is 1. The van der Waals surface area contributed by atoms with E-state index in [9.17, 15) is 0 Å². The van der Waals surface area contributed by atoms with Crippen LogP contribution in [0.1, 0.15) is 32.4 Å². The highest BCUT2D eigenvalue weighted by Gasteiger charge is 2.13. The minimum atomic E-state index is 0.386. The minimum Gasteiger partial charge on any atom is -0.271 e. The predicted molar refractivity (Wildman–Crippen MR) is 63.1 cm³/mol. The van der Waals surface area contributed by atoms with Crippen LogP contribution in [0.2, 0.25) is 0 Å². The van der Waals surface area contributed by atoms with Crippen LogP contribution in [-0.4, -0.2) is 11.0 Å². The number of nitrogens with zero attached hydrogens (tertiary/aromatic N) is 1. The Morgan fingerprint density at radius 3 is 2.80 bits per heavy atom. The quantitative estimate of drug-likeness (QED) is 0.553. The summed E-state index contributed by atoms with van der Waals surface area (Å²) in [6.07, 6.45) is 5.02. The Hall–Kier alpha value is -0.930. The molecule has 1 aromatic heterocycles. The van der Waals surface area contributed by atoms with Crippen molar-refractivity contribution in [3.05, 3.63) is 30.1 Å². The second-order valence-electron chi connectivity index (χ2n) is 4.02. The fraction of sp³-hybridized carbons (Fsp3) is 0.583. The number of aryl methyl sites for hydroxylation is 1. The van der Waals surface area contributed by atoms with Gasteiger partial charge in [-0.2, -0.15) is 0 Å². The number of pyridine rings is 1. The zero-order valence-electron chi connectivity index (χ0n) is 9.61. The first kappa shape index (κ1) is 12.1. The normalized spacial score (nSPS) is 14.9. The Labute approximate surface area is 92.1 Å². The van der Waals surface area contributed by atoms with E-state index in [2.05, 4.69) is 30.3 Å². The molecule has 1 rings (SSSR count). The first-order chi connectivity index (χ1) is 7.27. The van der Waals surface area contributed by atoms with Crippen molar-refractivity contribution in [2.45, 2.75) is 39.2 Å². The number of hydrogen-bond acceptors (Lipinski definition) is 3. The van der Waals surface area contributed by atoms with E-state index in [1.54, 1.807) is 0 Å². The molecule has 3 N–H and O–H groups in total. The molecule has 0 saturated heterocycles. The molecule has 1 heterocycles. The number of hydrogen-bond donors (Lipinski definition) is 2. The number of nitrogens with one attached hydrogen (secondary N) is 1. The van der Waals surface area contributed by atoms with Gasteiger partial charge in [-0.1, -0.05) is 26.3 Å². The van der Waals surface area contributed by atoms with Crippen LogP contribution in [0.25, 0.3) is 0 Å². The van der Waals surface area contributed by atoms with Gasteiger partial charge >= 0.3 is 0 Å². The van der Waals surface area contributed by atoms with E-state index < -0.39 is 0 Å². The predicted octanol–water partition coefficient (Wildman–Crippen LogP) is 1.89. The molecule has 0 saturated carbocycles. The topological polar surface area (TPSA) is 50.9 Å². The minimum absolute atomic E-state index is 0.386. The lowest BCUT2D eigenvalue weighted by Gasteiger charge is -2.21. The third-order valence-electron chi connectivity index (χ3n) is 2.98. The first-order valence-electron chi connectivity index (χ1n) is 5.64. The second kappa shape index (κ2) is 6.53. The zero-order valence-corrected chi connectivity index (χ0v) is 9.61. The molecule has 0 aliphatic heterocycles. The van der Waals surface area contributed by atoms with Gasteiger partial charge in [-0.05, 0) is 30.9 Å². The molecule has 0 aliphatic rings. The van der Waals surface area contributed by atoms with Gasteiger partial charge in [0.05, 0.1) is 0 Å². The summed E-state index contributed by atoms with van der Waals surface area (Å²) in [7, 11) is 0. The smallest absolute Gasteiger partial charge is 0.0404 e. The van der Waals surface area contributed by atoms with Gasteiger partial charge in [-0.25, -0.2) is 0 Å². The Morgan fingerprint density at radius 2 is 2.27 bits per heavy atom. The van der Waals surface area contributed by atoms with Crippen LogP contribution >= 0.6 is 0 Å². The summed E-state index contributed by atoms with van der Waals surface area (Å²) in [6.45, 7) is 4.42. The van der Waals surface area contributed by atoms with Crippen LogP contribution in [-0.2, 0) is 6.42 Å². The van der Waals surface area contributed by atoms with Gasteiger partial charge in [0.1, 0.15) is 0 Å². The van der Waals surface area contributed by atoms with Crippen LogP contribution < -0.4 is 11.3 Å². The maximum absolute atomic E-state index is 5.54. The summed E-state index contributed by atoms with van der Waals surface area (Å²) in [5.74, 6) is 6.15. The highest BCUT2D eigenvalue weighted by atomic mass is 15.2. The van der Waals surface area contributed by atoms with Gasteiger partial charge in [-0.15, -0.1) is 0 Å². The first-order valence-corrected chi connectivity index (χ1v) is 5.64. The molecule has 2 unspecified atom stereocenters. The van der Waals surface area contributed by atoms with Gasteiger partial charge in [0.15, 0.2) is 0 Å². The van der Waals surface area contributed by atoms with Crippen LogP contribution in [0.3, 0.4) is 0 Å². The fourth-order valence-electron chi connectivity index (χ4n) is 1.67. The summed E-state index contributed by atoms with van der Waals surface area (Å²) < 4.78 is 0. The van der Waals surface area contributed by atoms with Crippen LogP contribution in [0.4, 0.5) is 0 Å². The molecule has 0 radical (unpaired) electrons. The SMILES string of the molecule is CCC(C)C(CCc1ccccn1)NN. The molecule has 0 fully saturated rings. The van der Waals surface area contributed by atoms with E-state index in [0.717, 1.165) is 25.0 Å². The molecule has 15 heavy (non-hydrogen) atoms. The highest BCUT2D eigenvalue weighted by molar-refractivity contribution is 5.03. The average molecular weight is 207 g/mol. The molecule has 2 atom stereocenters. The van der Waals surface area contributed by atoms with Gasteiger partial charge in [0.25, 0.3) is 0 Å². The van der Waals surface area contributed by atoms with E-state index >= 15 is 0 Å². The Bertz CT molecular complexity index is 261. The highest BCUT2D eigenvalue weighted by Crippen LogP contribution is 2.12. The van der Waals surface area contributed by atoms with E-state index in [4.69, 9.17) is 5.84 Å². The average Bonchev–Trinajstić information content (AvgIpc) is 2.31. The monoisotopic (exact) mass is 207 g/mol. The third-order valence-corrected chi connectivity index (χ3v) is 2.98. The molecular weight excluding hydrogens is 186 g/mol. The molecule has 0 spiro atoms. The summed E-state index contributed by atoms with van der Waals surface area (Å²) in [5, 5.41) is 0. The van der Waals surface area contributed by atoms with Crippen molar-refractivity contribution >= 4 is 0 Å². The van der Waals surface area contributed by atoms with E-state index in [1.807, 2.05) is 18.3 Å². The van der Waals surface area contributed by atoms with E-state index in [0.29, 0.717) is 12.0 Å². The van der Waals surface area contributed by atoms with Crippen molar-refractivity contribution in [1.82, 2.24) is 10.4 Å². The lowest BCUT2D eigenvalue weighted by atomic mass is 9.95. The summed E-state index contributed by atoms with van der Waals surface area (Å²) >= 11 is 0. The molecule has 3 heteroatoms. The van der Waals surface area contributed by atoms with Gasteiger partial charge in [0.2, 0.25) is 0 Å². The van der Waals surface area contributed by atoms with Gasteiger partial charge < -0.3 is 0 Å². The summed E-state index contributed by atoms with van der Waals surface area (Å²) in [4.78, 5) is 4.30. The molecular formula is C12H21N3. The van der Waals surface area contributed by atoms with Crippen molar-refractivity contribution < 1.29 is 0 Å². The fourth-order valence-corrected chi connectivity index (χ4v) is 1.67. The van der Waals surface area contributed by atoms with Crippen molar-refractivity contribution in [3.8, 4) is 0 Å². The lowest BCUT2D eigenvalue weighted by Crippen LogP contribution is -2.40. The molecule has 0 aromatic carbocycles.